The van der Waals surface area contributed by atoms with Gasteiger partial charge in [-0.15, -0.1) is 11.3 Å². The first-order valence-corrected chi connectivity index (χ1v) is 10.3. The van der Waals surface area contributed by atoms with Crippen molar-refractivity contribution in [3.63, 3.8) is 0 Å². The third kappa shape index (κ3) is 3.63. The summed E-state index contributed by atoms with van der Waals surface area (Å²) in [6, 6.07) is 4.49. The lowest BCUT2D eigenvalue weighted by atomic mass is 10.2. The molecule has 0 aromatic carbocycles. The molecule has 1 fully saturated rings. The van der Waals surface area contributed by atoms with Crippen LogP contribution in [0.25, 0.3) is 0 Å². The molecule has 2 aromatic rings. The molecule has 136 valence electrons. The van der Waals surface area contributed by atoms with Crippen LogP contribution in [0.5, 0.6) is 0 Å². The molecular formula is C16H21N3O4S2. The van der Waals surface area contributed by atoms with Gasteiger partial charge in [-0.1, -0.05) is 5.16 Å². The highest BCUT2D eigenvalue weighted by molar-refractivity contribution is 7.91. The molecular weight excluding hydrogens is 362 g/mol. The monoisotopic (exact) mass is 383 g/mol. The van der Waals surface area contributed by atoms with Crippen molar-refractivity contribution in [2.75, 3.05) is 13.6 Å². The first-order chi connectivity index (χ1) is 11.8. The molecule has 1 unspecified atom stereocenters. The zero-order chi connectivity index (χ0) is 18.2. The van der Waals surface area contributed by atoms with Gasteiger partial charge in [0.2, 0.25) is 5.91 Å². The molecule has 0 aliphatic carbocycles. The molecule has 0 saturated carbocycles. The predicted octanol–water partition coefficient (Wildman–Crippen LogP) is 2.16. The van der Waals surface area contributed by atoms with Crippen LogP contribution in [0.1, 0.15) is 29.2 Å². The smallest absolute Gasteiger partial charge is 0.253 e. The second-order valence-electron chi connectivity index (χ2n) is 6.26. The Bertz CT molecular complexity index is 872. The van der Waals surface area contributed by atoms with Crippen LogP contribution in [-0.4, -0.2) is 48.3 Å². The Kier molecular flexibility index (Phi) is 4.99. The normalized spacial score (nSPS) is 18.6. The van der Waals surface area contributed by atoms with Crippen LogP contribution in [0.4, 0.5) is 0 Å². The summed E-state index contributed by atoms with van der Waals surface area (Å²) in [6.45, 7) is 4.31. The van der Waals surface area contributed by atoms with Crippen molar-refractivity contribution in [2.24, 2.45) is 0 Å². The van der Waals surface area contributed by atoms with Crippen LogP contribution < -0.4 is 0 Å². The number of aryl methyl sites for hydroxylation is 2. The quantitative estimate of drug-likeness (QED) is 0.790. The number of nitrogens with zero attached hydrogens (tertiary/aromatic N) is 3. The Morgan fingerprint density at radius 3 is 2.80 bits per heavy atom. The van der Waals surface area contributed by atoms with Crippen molar-refractivity contribution in [1.82, 2.24) is 14.4 Å². The highest BCUT2D eigenvalue weighted by Crippen LogP contribution is 2.30. The van der Waals surface area contributed by atoms with E-state index in [0.717, 1.165) is 4.88 Å². The highest BCUT2D eigenvalue weighted by Gasteiger charge is 2.41. The molecule has 2 aromatic heterocycles. The summed E-state index contributed by atoms with van der Waals surface area (Å²) in [7, 11) is -1.99. The summed E-state index contributed by atoms with van der Waals surface area (Å²) in [5, 5.41) is 3.88. The van der Waals surface area contributed by atoms with E-state index in [2.05, 4.69) is 5.16 Å². The molecule has 1 atom stereocenters. The number of likely N-dealkylation sites (N-methyl/N-ethyl adjacent to an activating group) is 1. The lowest BCUT2D eigenvalue weighted by Gasteiger charge is -2.26. The number of carbonyl (C=O) groups excluding carboxylic acids is 1. The molecule has 3 rings (SSSR count). The fraction of sp³-hybridized carbons (Fsp3) is 0.500. The molecule has 7 nitrogen and oxygen atoms in total. The zero-order valence-corrected chi connectivity index (χ0v) is 16.1. The number of amides is 1. The second-order valence-corrected chi connectivity index (χ2v) is 9.67. The highest BCUT2D eigenvalue weighted by atomic mass is 32.2. The van der Waals surface area contributed by atoms with Crippen LogP contribution in [0.15, 0.2) is 26.9 Å². The predicted molar refractivity (Wildman–Crippen MR) is 93.7 cm³/mol. The first-order valence-electron chi connectivity index (χ1n) is 8.04. The number of hydrogen-bond acceptors (Lipinski definition) is 6. The zero-order valence-electron chi connectivity index (χ0n) is 14.4. The largest absolute Gasteiger partial charge is 0.361 e. The fourth-order valence-electron chi connectivity index (χ4n) is 3.01. The first kappa shape index (κ1) is 18.1. The van der Waals surface area contributed by atoms with E-state index in [1.807, 2.05) is 6.92 Å². The Labute approximate surface area is 151 Å². The average Bonchev–Trinajstić information content (AvgIpc) is 3.27. The number of thiophene rings is 1. The van der Waals surface area contributed by atoms with E-state index in [1.54, 1.807) is 32.2 Å². The Morgan fingerprint density at radius 2 is 2.20 bits per heavy atom. The molecule has 9 heteroatoms. The maximum Gasteiger partial charge on any atom is 0.253 e. The maximum atomic E-state index is 12.9. The minimum absolute atomic E-state index is 0.213. The molecule has 0 radical (unpaired) electrons. The number of hydrogen-bond donors (Lipinski definition) is 0. The summed E-state index contributed by atoms with van der Waals surface area (Å²) >= 11 is 1.23. The lowest BCUT2D eigenvalue weighted by Crippen LogP contribution is -2.46. The van der Waals surface area contributed by atoms with Crippen LogP contribution in [0.2, 0.25) is 0 Å². The maximum absolute atomic E-state index is 12.9. The van der Waals surface area contributed by atoms with Crippen LogP contribution in [0, 0.1) is 13.8 Å². The van der Waals surface area contributed by atoms with Gasteiger partial charge in [-0.3, -0.25) is 4.79 Å². The Balaban J connectivity index is 1.77. The standard InChI is InChI=1S/C16H21N3O4S2/c1-11-9-13(17-23-11)10-18(3)16(20)14-5-4-8-19(14)25(21,22)15-7-6-12(2)24-15/h6-7,9,14H,4-5,8,10H2,1-3H3. The minimum Gasteiger partial charge on any atom is -0.361 e. The van der Waals surface area contributed by atoms with Gasteiger partial charge in [-0.05, 0) is 38.8 Å². The third-order valence-electron chi connectivity index (χ3n) is 4.22. The van der Waals surface area contributed by atoms with Gasteiger partial charge in [0.1, 0.15) is 21.7 Å². The molecule has 0 N–H and O–H groups in total. The summed E-state index contributed by atoms with van der Waals surface area (Å²) < 4.78 is 32.4. The second kappa shape index (κ2) is 6.89. The van der Waals surface area contributed by atoms with E-state index in [0.29, 0.717) is 41.6 Å². The number of sulfonamides is 1. The summed E-state index contributed by atoms with van der Waals surface area (Å²) in [5.74, 6) is 0.462. The van der Waals surface area contributed by atoms with E-state index in [9.17, 15) is 13.2 Å². The van der Waals surface area contributed by atoms with Crippen molar-refractivity contribution in [2.45, 2.75) is 43.5 Å². The molecule has 1 aliphatic rings. The summed E-state index contributed by atoms with van der Waals surface area (Å²) in [5.41, 5.74) is 0.648. The Morgan fingerprint density at radius 1 is 1.44 bits per heavy atom. The molecule has 25 heavy (non-hydrogen) atoms. The summed E-state index contributed by atoms with van der Waals surface area (Å²) in [6.07, 6.45) is 1.21. The molecule has 1 saturated heterocycles. The van der Waals surface area contributed by atoms with E-state index in [1.165, 1.54) is 20.5 Å². The molecule has 0 bridgehead atoms. The van der Waals surface area contributed by atoms with Gasteiger partial charge in [0.05, 0.1) is 6.54 Å². The van der Waals surface area contributed by atoms with Crippen molar-refractivity contribution in [3.8, 4) is 0 Å². The third-order valence-corrected chi connectivity index (χ3v) is 7.60. The number of rotatable bonds is 5. The molecule has 3 heterocycles. The fourth-order valence-corrected chi connectivity index (χ4v) is 6.07. The topological polar surface area (TPSA) is 83.7 Å². The van der Waals surface area contributed by atoms with Gasteiger partial charge >= 0.3 is 0 Å². The van der Waals surface area contributed by atoms with Gasteiger partial charge in [0.15, 0.2) is 0 Å². The van der Waals surface area contributed by atoms with Gasteiger partial charge < -0.3 is 9.42 Å². The number of aromatic nitrogens is 1. The van der Waals surface area contributed by atoms with Gasteiger partial charge in [-0.2, -0.15) is 4.31 Å². The van der Waals surface area contributed by atoms with Gasteiger partial charge in [0.25, 0.3) is 10.0 Å². The van der Waals surface area contributed by atoms with Gasteiger partial charge in [-0.25, -0.2) is 8.42 Å². The average molecular weight is 383 g/mol. The molecule has 1 amide bonds. The van der Waals surface area contributed by atoms with E-state index < -0.39 is 16.1 Å². The van der Waals surface area contributed by atoms with E-state index in [4.69, 9.17) is 4.52 Å². The van der Waals surface area contributed by atoms with Crippen molar-refractivity contribution < 1.29 is 17.7 Å². The molecule has 0 spiro atoms. The van der Waals surface area contributed by atoms with Crippen LogP contribution in [-0.2, 0) is 21.4 Å². The van der Waals surface area contributed by atoms with Crippen LogP contribution >= 0.6 is 11.3 Å². The lowest BCUT2D eigenvalue weighted by molar-refractivity contribution is -0.133. The van der Waals surface area contributed by atoms with Crippen molar-refractivity contribution in [3.05, 3.63) is 34.5 Å². The van der Waals surface area contributed by atoms with Crippen molar-refractivity contribution >= 4 is 27.3 Å². The molecule has 1 aliphatic heterocycles. The van der Waals surface area contributed by atoms with E-state index in [-0.39, 0.29) is 5.91 Å². The summed E-state index contributed by atoms with van der Waals surface area (Å²) in [4.78, 5) is 15.3. The van der Waals surface area contributed by atoms with Crippen molar-refractivity contribution in [1.29, 1.82) is 0 Å². The van der Waals surface area contributed by atoms with Crippen LogP contribution in [0.3, 0.4) is 0 Å². The number of carbonyl (C=O) groups is 1. The SMILES string of the molecule is Cc1cc(CN(C)C(=O)C2CCCN2S(=O)(=O)c2ccc(C)s2)no1. The van der Waals surface area contributed by atoms with Gasteiger partial charge in [0, 0.05) is 24.5 Å². The Hall–Kier alpha value is -1.71. The minimum atomic E-state index is -3.64. The van der Waals surface area contributed by atoms with E-state index >= 15 is 0 Å².